The Labute approximate surface area is 143 Å². The Bertz CT molecular complexity index is 726. The molecule has 0 saturated heterocycles. The van der Waals surface area contributed by atoms with E-state index in [4.69, 9.17) is 4.42 Å². The van der Waals surface area contributed by atoms with Crippen molar-refractivity contribution in [2.24, 2.45) is 5.92 Å². The van der Waals surface area contributed by atoms with Crippen LogP contribution in [0.3, 0.4) is 0 Å². The van der Waals surface area contributed by atoms with Crippen LogP contribution < -0.4 is 0 Å². The number of ketones is 2. The van der Waals surface area contributed by atoms with E-state index in [1.54, 1.807) is 0 Å². The van der Waals surface area contributed by atoms with Crippen molar-refractivity contribution in [3.8, 4) is 11.8 Å². The van der Waals surface area contributed by atoms with Crippen LogP contribution >= 0.6 is 0 Å². The van der Waals surface area contributed by atoms with Gasteiger partial charge in [-0.3, -0.25) is 9.59 Å². The van der Waals surface area contributed by atoms with Crippen LogP contribution in [0.15, 0.2) is 34.7 Å². The molecule has 0 aliphatic carbocycles. The molecule has 3 nitrogen and oxygen atoms in total. The molecule has 1 aromatic heterocycles. The highest BCUT2D eigenvalue weighted by Gasteiger charge is 2.32. The van der Waals surface area contributed by atoms with Crippen molar-refractivity contribution in [1.82, 2.24) is 0 Å². The molecule has 3 heteroatoms. The van der Waals surface area contributed by atoms with E-state index in [2.05, 4.69) is 18.8 Å². The Morgan fingerprint density at radius 2 is 1.83 bits per heavy atom. The molecule has 0 spiro atoms. The molecule has 0 bridgehead atoms. The topological polar surface area (TPSA) is 47.3 Å². The van der Waals surface area contributed by atoms with E-state index in [-0.39, 0.29) is 11.6 Å². The van der Waals surface area contributed by atoms with Gasteiger partial charge in [0.15, 0.2) is 0 Å². The first-order valence-electron chi connectivity index (χ1n) is 8.52. The number of benzene rings is 1. The molecule has 0 saturated carbocycles. The second kappa shape index (κ2) is 8.49. The van der Waals surface area contributed by atoms with Gasteiger partial charge in [0.25, 0.3) is 0 Å². The van der Waals surface area contributed by atoms with Gasteiger partial charge in [0.05, 0.1) is 11.8 Å². The normalized spacial score (nSPS) is 12.0. The van der Waals surface area contributed by atoms with Crippen molar-refractivity contribution in [2.45, 2.75) is 52.4 Å². The van der Waals surface area contributed by atoms with Crippen molar-refractivity contribution < 1.29 is 14.0 Å². The molecule has 0 fully saturated rings. The third-order valence-corrected chi connectivity index (χ3v) is 4.12. The van der Waals surface area contributed by atoms with Crippen molar-refractivity contribution in [3.63, 3.8) is 0 Å². The van der Waals surface area contributed by atoms with Crippen molar-refractivity contribution in [1.29, 1.82) is 0 Å². The van der Waals surface area contributed by atoms with Gasteiger partial charge in [-0.1, -0.05) is 43.9 Å². The number of furan rings is 1. The number of unbranched alkanes of at least 4 members (excludes halogenated alkanes) is 3. The lowest BCUT2D eigenvalue weighted by atomic mass is 9.84. The van der Waals surface area contributed by atoms with Crippen molar-refractivity contribution >= 4 is 22.5 Å². The number of hydrogen-bond donors (Lipinski definition) is 0. The zero-order valence-corrected chi connectivity index (χ0v) is 14.6. The molecule has 126 valence electrons. The minimum atomic E-state index is -0.774. The summed E-state index contributed by atoms with van der Waals surface area (Å²) in [5, 5.41) is 0.955. The Kier molecular flexibility index (Phi) is 6.37. The van der Waals surface area contributed by atoms with Gasteiger partial charge in [0.2, 0.25) is 0 Å². The highest BCUT2D eigenvalue weighted by atomic mass is 16.3. The minimum Gasteiger partial charge on any atom is -0.460 e. The zero-order valence-electron chi connectivity index (χ0n) is 14.6. The summed E-state index contributed by atoms with van der Waals surface area (Å²) < 4.78 is 5.88. The number of carbonyl (C=O) groups is 2. The molecule has 0 amide bonds. The van der Waals surface area contributed by atoms with E-state index < -0.39 is 11.8 Å². The molecular formula is C21H24O3. The molecular weight excluding hydrogens is 300 g/mol. The zero-order chi connectivity index (χ0) is 17.5. The SMILES string of the molecule is CCCCCC#CC(c1cc2ccccc2o1)C(C(C)=O)C(C)=O. The number of hydrogen-bond acceptors (Lipinski definition) is 3. The molecule has 1 unspecified atom stereocenters. The Hall–Kier alpha value is -2.34. The summed E-state index contributed by atoms with van der Waals surface area (Å²) in [4.78, 5) is 24.0. The Morgan fingerprint density at radius 1 is 1.12 bits per heavy atom. The Balaban J connectivity index is 2.37. The number of carbonyl (C=O) groups excluding carboxylic acids is 2. The largest absolute Gasteiger partial charge is 0.460 e. The van der Waals surface area contributed by atoms with E-state index in [0.29, 0.717) is 5.76 Å². The average molecular weight is 324 g/mol. The van der Waals surface area contributed by atoms with Crippen LogP contribution in [0.4, 0.5) is 0 Å². The van der Waals surface area contributed by atoms with E-state index >= 15 is 0 Å². The van der Waals surface area contributed by atoms with Gasteiger partial charge in [-0.15, -0.1) is 5.92 Å². The van der Waals surface area contributed by atoms with E-state index in [9.17, 15) is 9.59 Å². The molecule has 0 aliphatic rings. The maximum atomic E-state index is 12.0. The summed E-state index contributed by atoms with van der Waals surface area (Å²) in [6, 6.07) is 9.54. The molecule has 1 aromatic carbocycles. The predicted molar refractivity (Wildman–Crippen MR) is 95.7 cm³/mol. The lowest BCUT2D eigenvalue weighted by molar-refractivity contribution is -0.130. The van der Waals surface area contributed by atoms with E-state index in [1.165, 1.54) is 13.8 Å². The first kappa shape index (κ1) is 18.0. The predicted octanol–water partition coefficient (Wildman–Crippen LogP) is 4.89. The molecule has 2 rings (SSSR count). The van der Waals surface area contributed by atoms with Gasteiger partial charge in [0.1, 0.15) is 22.9 Å². The highest BCUT2D eigenvalue weighted by Crippen LogP contribution is 2.31. The van der Waals surface area contributed by atoms with Crippen LogP contribution in [0.1, 0.15) is 58.1 Å². The number of rotatable bonds is 7. The fourth-order valence-electron chi connectivity index (χ4n) is 2.88. The van der Waals surface area contributed by atoms with E-state index in [0.717, 1.165) is 36.7 Å². The van der Waals surface area contributed by atoms with Crippen LogP contribution in [0.25, 0.3) is 11.0 Å². The molecule has 0 aliphatic heterocycles. The molecule has 2 aromatic rings. The summed E-state index contributed by atoms with van der Waals surface area (Å²) in [6.07, 6.45) is 4.07. The smallest absolute Gasteiger partial charge is 0.141 e. The van der Waals surface area contributed by atoms with Gasteiger partial charge in [-0.05, 0) is 32.4 Å². The van der Waals surface area contributed by atoms with Gasteiger partial charge < -0.3 is 4.42 Å². The summed E-state index contributed by atoms with van der Waals surface area (Å²) >= 11 is 0. The average Bonchev–Trinajstić information content (AvgIpc) is 2.96. The van der Waals surface area contributed by atoms with Gasteiger partial charge in [0, 0.05) is 11.8 Å². The van der Waals surface area contributed by atoms with Crippen LogP contribution in [-0.2, 0) is 9.59 Å². The van der Waals surface area contributed by atoms with Crippen molar-refractivity contribution in [3.05, 3.63) is 36.1 Å². The summed E-state index contributed by atoms with van der Waals surface area (Å²) in [5.74, 6) is 5.23. The maximum Gasteiger partial charge on any atom is 0.141 e. The van der Waals surface area contributed by atoms with Crippen LogP contribution in [0.5, 0.6) is 0 Å². The van der Waals surface area contributed by atoms with Gasteiger partial charge in [-0.25, -0.2) is 0 Å². The summed E-state index contributed by atoms with van der Waals surface area (Å²) in [5.41, 5.74) is 0.746. The molecule has 24 heavy (non-hydrogen) atoms. The summed E-state index contributed by atoms with van der Waals surface area (Å²) in [7, 11) is 0. The van der Waals surface area contributed by atoms with Crippen LogP contribution in [0, 0.1) is 17.8 Å². The first-order valence-corrected chi connectivity index (χ1v) is 8.52. The molecule has 0 N–H and O–H groups in total. The van der Waals surface area contributed by atoms with Crippen LogP contribution in [0.2, 0.25) is 0 Å². The van der Waals surface area contributed by atoms with Crippen molar-refractivity contribution in [2.75, 3.05) is 0 Å². The summed E-state index contributed by atoms with van der Waals surface area (Å²) in [6.45, 7) is 5.03. The molecule has 1 heterocycles. The van der Waals surface area contributed by atoms with Gasteiger partial charge >= 0.3 is 0 Å². The fourth-order valence-corrected chi connectivity index (χ4v) is 2.88. The third-order valence-electron chi connectivity index (χ3n) is 4.12. The maximum absolute atomic E-state index is 12.0. The number of fused-ring (bicyclic) bond motifs is 1. The monoisotopic (exact) mass is 324 g/mol. The molecule has 0 radical (unpaired) electrons. The lowest BCUT2D eigenvalue weighted by Gasteiger charge is -2.16. The number of para-hydroxylation sites is 1. The fraction of sp³-hybridized carbons (Fsp3) is 0.429. The van der Waals surface area contributed by atoms with E-state index in [1.807, 2.05) is 30.3 Å². The first-order chi connectivity index (χ1) is 11.5. The lowest BCUT2D eigenvalue weighted by Crippen LogP contribution is -2.26. The highest BCUT2D eigenvalue weighted by molar-refractivity contribution is 6.01. The second-order valence-corrected chi connectivity index (χ2v) is 6.14. The molecule has 1 atom stereocenters. The Morgan fingerprint density at radius 3 is 2.46 bits per heavy atom. The minimum absolute atomic E-state index is 0.171. The number of Topliss-reactive ketones (excluding diaryl/α,β-unsaturated/α-hetero) is 2. The van der Waals surface area contributed by atoms with Crippen LogP contribution in [-0.4, -0.2) is 11.6 Å². The quantitative estimate of drug-likeness (QED) is 0.414. The third kappa shape index (κ3) is 4.35. The van der Waals surface area contributed by atoms with Gasteiger partial charge in [-0.2, -0.15) is 0 Å². The second-order valence-electron chi connectivity index (χ2n) is 6.14. The standard InChI is InChI=1S/C21H24O3/c1-4-5-6-7-8-12-18(21(15(2)22)16(3)23)20-14-17-11-9-10-13-19(17)24-20/h9-11,13-14,18,21H,4-7H2,1-3H3.